The molecule has 0 atom stereocenters. The number of carbonyl (C=O) groups is 1. The lowest BCUT2D eigenvalue weighted by molar-refractivity contribution is -0.119. The third-order valence-electron chi connectivity index (χ3n) is 5.33. The van der Waals surface area contributed by atoms with Crippen molar-refractivity contribution < 1.29 is 27.1 Å². The molecule has 3 aromatic carbocycles. The molecule has 1 amide bonds. The minimum Gasteiger partial charge on any atom is -0.486 e. The first-order valence-corrected chi connectivity index (χ1v) is 12.3. The molecule has 1 aliphatic rings. The first-order chi connectivity index (χ1) is 16.8. The molecule has 0 radical (unpaired) electrons. The maximum Gasteiger partial charge on any atom is 0.264 e. The number of amides is 1. The lowest BCUT2D eigenvalue weighted by atomic mass is 10.1. The van der Waals surface area contributed by atoms with E-state index in [0.29, 0.717) is 36.0 Å². The second-order valence-electron chi connectivity index (χ2n) is 7.87. The van der Waals surface area contributed by atoms with Gasteiger partial charge in [0.05, 0.1) is 16.3 Å². The van der Waals surface area contributed by atoms with Gasteiger partial charge in [0.1, 0.15) is 25.6 Å². The fourth-order valence-electron chi connectivity index (χ4n) is 3.44. The summed E-state index contributed by atoms with van der Waals surface area (Å²) in [5.74, 6) is -0.309. The molecule has 0 saturated heterocycles. The predicted octanol–water partition coefficient (Wildman–Crippen LogP) is 3.64. The number of hydrogen-bond acceptors (Lipinski definition) is 6. The van der Waals surface area contributed by atoms with Crippen molar-refractivity contribution in [3.05, 3.63) is 83.7 Å². The first kappa shape index (κ1) is 24.2. The zero-order chi connectivity index (χ0) is 25.0. The van der Waals surface area contributed by atoms with Crippen LogP contribution >= 0.6 is 0 Å². The van der Waals surface area contributed by atoms with E-state index in [-0.39, 0.29) is 10.6 Å². The van der Waals surface area contributed by atoms with Gasteiger partial charge >= 0.3 is 0 Å². The molecule has 182 valence electrons. The zero-order valence-electron chi connectivity index (χ0n) is 19.2. The number of fused-ring (bicyclic) bond motifs is 1. The highest BCUT2D eigenvalue weighted by atomic mass is 32.2. The van der Waals surface area contributed by atoms with Crippen LogP contribution in [0.3, 0.4) is 0 Å². The van der Waals surface area contributed by atoms with Crippen LogP contribution in [0.5, 0.6) is 11.5 Å². The highest BCUT2D eigenvalue weighted by molar-refractivity contribution is 7.92. The Labute approximate surface area is 203 Å². The molecule has 0 aromatic heterocycles. The number of hydrazone groups is 1. The number of benzene rings is 3. The second-order valence-corrected chi connectivity index (χ2v) is 9.73. The number of nitrogens with one attached hydrogen (secondary N) is 1. The molecule has 4 rings (SSSR count). The number of halogens is 1. The average molecular weight is 498 g/mol. The SMILES string of the molecule is C/C(=N/NC(=O)CN(c1ccccc1F)S(=O)(=O)c1ccc(C)cc1)c1ccc2c(c1)OCCO2. The summed E-state index contributed by atoms with van der Waals surface area (Å²) < 4.78 is 53.1. The molecule has 10 heteroatoms. The van der Waals surface area contributed by atoms with Crippen molar-refractivity contribution in [3.63, 3.8) is 0 Å². The van der Waals surface area contributed by atoms with Gasteiger partial charge in [0.25, 0.3) is 15.9 Å². The van der Waals surface area contributed by atoms with Gasteiger partial charge in [0.2, 0.25) is 0 Å². The summed E-state index contributed by atoms with van der Waals surface area (Å²) in [7, 11) is -4.24. The van der Waals surface area contributed by atoms with Crippen LogP contribution < -0.4 is 19.2 Å². The normalized spacial score (nSPS) is 13.3. The van der Waals surface area contributed by atoms with Crippen molar-refractivity contribution in [1.29, 1.82) is 0 Å². The van der Waals surface area contributed by atoms with E-state index in [1.807, 2.05) is 6.92 Å². The maximum atomic E-state index is 14.6. The topological polar surface area (TPSA) is 97.3 Å². The van der Waals surface area contributed by atoms with Crippen molar-refractivity contribution in [2.45, 2.75) is 18.7 Å². The number of carbonyl (C=O) groups excluding carboxylic acids is 1. The Kier molecular flexibility index (Phi) is 7.02. The fraction of sp³-hybridized carbons (Fsp3) is 0.200. The Bertz CT molecular complexity index is 1370. The van der Waals surface area contributed by atoms with Crippen molar-refractivity contribution >= 4 is 27.3 Å². The van der Waals surface area contributed by atoms with Gasteiger partial charge in [-0.15, -0.1) is 0 Å². The number of sulfonamides is 1. The van der Waals surface area contributed by atoms with Crippen LogP contribution in [0, 0.1) is 12.7 Å². The summed E-state index contributed by atoms with van der Waals surface area (Å²) in [4.78, 5) is 12.7. The molecule has 3 aromatic rings. The van der Waals surface area contributed by atoms with E-state index in [1.165, 1.54) is 30.3 Å². The van der Waals surface area contributed by atoms with Crippen molar-refractivity contribution in [1.82, 2.24) is 5.43 Å². The molecule has 0 fully saturated rings. The lowest BCUT2D eigenvalue weighted by Gasteiger charge is -2.24. The number of hydrogen-bond donors (Lipinski definition) is 1. The molecule has 0 saturated carbocycles. The van der Waals surface area contributed by atoms with E-state index >= 15 is 0 Å². The van der Waals surface area contributed by atoms with Crippen LogP contribution in [0.15, 0.2) is 76.7 Å². The van der Waals surface area contributed by atoms with Crippen LogP contribution in [-0.2, 0) is 14.8 Å². The van der Waals surface area contributed by atoms with E-state index < -0.39 is 28.3 Å². The molecular weight excluding hydrogens is 473 g/mol. The summed E-state index contributed by atoms with van der Waals surface area (Å²) >= 11 is 0. The Morgan fingerprint density at radius 3 is 2.43 bits per heavy atom. The van der Waals surface area contributed by atoms with Crippen molar-refractivity contribution in [2.24, 2.45) is 5.10 Å². The van der Waals surface area contributed by atoms with E-state index in [0.717, 1.165) is 15.9 Å². The number of nitrogens with zero attached hydrogens (tertiary/aromatic N) is 2. The number of para-hydroxylation sites is 1. The Morgan fingerprint density at radius 2 is 1.71 bits per heavy atom. The molecule has 35 heavy (non-hydrogen) atoms. The highest BCUT2D eigenvalue weighted by Gasteiger charge is 2.29. The molecule has 0 unspecified atom stereocenters. The molecular formula is C25H24FN3O5S. The zero-order valence-corrected chi connectivity index (χ0v) is 20.0. The number of anilines is 1. The summed E-state index contributed by atoms with van der Waals surface area (Å²) in [5.41, 5.74) is 4.14. The Morgan fingerprint density at radius 1 is 1.03 bits per heavy atom. The summed E-state index contributed by atoms with van der Waals surface area (Å²) in [6.45, 7) is 3.74. The second kappa shape index (κ2) is 10.1. The standard InChI is InChI=1S/C25H24FN3O5S/c1-17-7-10-20(11-8-17)35(31,32)29(22-6-4-3-5-21(22)26)16-25(30)28-27-18(2)19-9-12-23-24(15-19)34-14-13-33-23/h3-12,15H,13-14,16H2,1-2H3,(H,28,30)/b27-18-. The maximum absolute atomic E-state index is 14.6. The minimum atomic E-state index is -4.24. The van der Waals surface area contributed by atoms with E-state index in [2.05, 4.69) is 10.5 Å². The minimum absolute atomic E-state index is 0.0601. The molecule has 0 aliphatic carbocycles. The monoisotopic (exact) mass is 497 g/mol. The Balaban J connectivity index is 1.57. The van der Waals surface area contributed by atoms with E-state index in [4.69, 9.17) is 9.47 Å². The summed E-state index contributed by atoms with van der Waals surface area (Å²) in [6, 6.07) is 16.7. The van der Waals surface area contributed by atoms with Crippen molar-refractivity contribution in [2.75, 3.05) is 24.1 Å². The lowest BCUT2D eigenvalue weighted by Crippen LogP contribution is -2.40. The van der Waals surface area contributed by atoms with Gasteiger partial charge in [-0.25, -0.2) is 18.2 Å². The number of aryl methyl sites for hydroxylation is 1. The van der Waals surface area contributed by atoms with Gasteiger partial charge in [-0.05, 0) is 56.3 Å². The molecule has 0 bridgehead atoms. The largest absolute Gasteiger partial charge is 0.486 e. The molecule has 1 heterocycles. The van der Waals surface area contributed by atoms with E-state index in [9.17, 15) is 17.6 Å². The number of rotatable bonds is 7. The van der Waals surface area contributed by atoms with Crippen LogP contribution in [0.1, 0.15) is 18.1 Å². The third-order valence-corrected chi connectivity index (χ3v) is 7.10. The fourth-order valence-corrected chi connectivity index (χ4v) is 4.86. The Hall–Kier alpha value is -3.92. The summed E-state index contributed by atoms with van der Waals surface area (Å²) in [5, 5.41) is 4.08. The number of ether oxygens (including phenoxy) is 2. The van der Waals surface area contributed by atoms with Crippen LogP contribution in [0.2, 0.25) is 0 Å². The molecule has 8 nitrogen and oxygen atoms in total. The van der Waals surface area contributed by atoms with Crippen LogP contribution in [-0.4, -0.2) is 39.8 Å². The van der Waals surface area contributed by atoms with Gasteiger partial charge in [-0.3, -0.25) is 9.10 Å². The summed E-state index contributed by atoms with van der Waals surface area (Å²) in [6.07, 6.45) is 0. The van der Waals surface area contributed by atoms with Gasteiger partial charge < -0.3 is 9.47 Å². The van der Waals surface area contributed by atoms with Crippen LogP contribution in [0.25, 0.3) is 0 Å². The predicted molar refractivity (Wildman–Crippen MR) is 130 cm³/mol. The van der Waals surface area contributed by atoms with Gasteiger partial charge in [-0.1, -0.05) is 29.8 Å². The highest BCUT2D eigenvalue weighted by Crippen LogP contribution is 2.31. The van der Waals surface area contributed by atoms with E-state index in [1.54, 1.807) is 37.3 Å². The third kappa shape index (κ3) is 5.43. The van der Waals surface area contributed by atoms with Gasteiger partial charge in [0, 0.05) is 5.56 Å². The smallest absolute Gasteiger partial charge is 0.264 e. The van der Waals surface area contributed by atoms with Gasteiger partial charge in [0.15, 0.2) is 11.5 Å². The molecule has 0 spiro atoms. The van der Waals surface area contributed by atoms with Crippen LogP contribution in [0.4, 0.5) is 10.1 Å². The molecule has 1 aliphatic heterocycles. The molecule has 1 N–H and O–H groups in total. The quantitative estimate of drug-likeness (QED) is 0.397. The average Bonchev–Trinajstić information content (AvgIpc) is 2.86. The van der Waals surface area contributed by atoms with Gasteiger partial charge in [-0.2, -0.15) is 5.10 Å². The first-order valence-electron chi connectivity index (χ1n) is 10.8. The van der Waals surface area contributed by atoms with Crippen molar-refractivity contribution in [3.8, 4) is 11.5 Å².